The predicted octanol–water partition coefficient (Wildman–Crippen LogP) is 2.20. The zero-order chi connectivity index (χ0) is 15.7. The van der Waals surface area contributed by atoms with Gasteiger partial charge in [-0.05, 0) is 42.0 Å². The van der Waals surface area contributed by atoms with E-state index >= 15 is 0 Å². The molecule has 0 aliphatic rings. The number of hydrogen-bond donors (Lipinski definition) is 2. The molecule has 3 rings (SSSR count). The highest BCUT2D eigenvalue weighted by Gasteiger charge is 2.09. The average Bonchev–Trinajstić information content (AvgIpc) is 2.52. The molecule has 0 saturated heterocycles. The summed E-state index contributed by atoms with van der Waals surface area (Å²) in [6.07, 6.45) is 3.32. The van der Waals surface area contributed by atoms with Crippen molar-refractivity contribution in [2.24, 2.45) is 0 Å². The zero-order valence-corrected chi connectivity index (χ0v) is 12.1. The lowest BCUT2D eigenvalue weighted by Crippen LogP contribution is -2.23. The Morgan fingerprint density at radius 1 is 1.36 bits per heavy atom. The molecule has 2 heterocycles. The van der Waals surface area contributed by atoms with Gasteiger partial charge in [0.1, 0.15) is 0 Å². The van der Waals surface area contributed by atoms with Crippen LogP contribution in [0.1, 0.15) is 15.9 Å². The van der Waals surface area contributed by atoms with Crippen molar-refractivity contribution < 1.29 is 9.90 Å². The third kappa shape index (κ3) is 2.53. The summed E-state index contributed by atoms with van der Waals surface area (Å²) in [7, 11) is 0. The van der Waals surface area contributed by atoms with Crippen LogP contribution in [0.3, 0.4) is 0 Å². The summed E-state index contributed by atoms with van der Waals surface area (Å²) in [4.78, 5) is 30.5. The van der Waals surface area contributed by atoms with Gasteiger partial charge in [-0.1, -0.05) is 6.07 Å². The molecule has 0 spiro atoms. The molecule has 110 valence electrons. The van der Waals surface area contributed by atoms with E-state index in [1.807, 2.05) is 6.07 Å². The second-order valence-electron chi connectivity index (χ2n) is 4.75. The number of aromatic amines is 1. The molecule has 1 aromatic carbocycles. The minimum atomic E-state index is -1.05. The second-order valence-corrected chi connectivity index (χ2v) is 5.13. The van der Waals surface area contributed by atoms with Gasteiger partial charge in [0.25, 0.3) is 5.56 Å². The molecular weight excluding hydrogens is 302 g/mol. The highest BCUT2D eigenvalue weighted by molar-refractivity contribution is 7.71. The molecular formula is C15H11N3O3S. The van der Waals surface area contributed by atoms with E-state index in [0.717, 1.165) is 5.56 Å². The largest absolute Gasteiger partial charge is 0.478 e. The maximum atomic E-state index is 12.5. The highest BCUT2D eigenvalue weighted by Crippen LogP contribution is 2.11. The van der Waals surface area contributed by atoms with Crippen molar-refractivity contribution in [1.82, 2.24) is 14.5 Å². The molecule has 0 aliphatic carbocycles. The van der Waals surface area contributed by atoms with Crippen molar-refractivity contribution >= 4 is 29.1 Å². The van der Waals surface area contributed by atoms with Gasteiger partial charge in [-0.25, -0.2) is 4.79 Å². The van der Waals surface area contributed by atoms with Gasteiger partial charge in [-0.2, -0.15) is 0 Å². The summed E-state index contributed by atoms with van der Waals surface area (Å²) in [6.45, 7) is 0.304. The summed E-state index contributed by atoms with van der Waals surface area (Å²) in [5.74, 6) is -1.05. The second kappa shape index (κ2) is 5.53. The van der Waals surface area contributed by atoms with Crippen molar-refractivity contribution in [2.75, 3.05) is 0 Å². The quantitative estimate of drug-likeness (QED) is 0.724. The van der Waals surface area contributed by atoms with Gasteiger partial charge in [0.05, 0.1) is 23.0 Å². The standard InChI is InChI=1S/C15H11N3O3S/c19-13-11-4-3-10(14(20)21)6-12(11)17-15(22)18(13)8-9-2-1-5-16-7-9/h1-7H,8H2,(H,17,22)(H,20,21). The number of carboxylic acid groups (broad SMARTS) is 1. The number of aromatic carboxylic acids is 1. The van der Waals surface area contributed by atoms with E-state index in [1.165, 1.54) is 22.8 Å². The Bertz CT molecular complexity index is 977. The summed E-state index contributed by atoms with van der Waals surface area (Å²) >= 11 is 5.21. The summed E-state index contributed by atoms with van der Waals surface area (Å²) in [5.41, 5.74) is 1.10. The van der Waals surface area contributed by atoms with E-state index in [4.69, 9.17) is 17.3 Å². The molecule has 0 amide bonds. The van der Waals surface area contributed by atoms with E-state index in [9.17, 15) is 9.59 Å². The smallest absolute Gasteiger partial charge is 0.335 e. The number of rotatable bonds is 3. The van der Waals surface area contributed by atoms with Crippen LogP contribution in [-0.4, -0.2) is 25.6 Å². The van der Waals surface area contributed by atoms with Crippen molar-refractivity contribution in [3.8, 4) is 0 Å². The van der Waals surface area contributed by atoms with E-state index in [1.54, 1.807) is 18.5 Å². The van der Waals surface area contributed by atoms with Crippen LogP contribution in [0.25, 0.3) is 10.9 Å². The average molecular weight is 313 g/mol. The molecule has 2 aromatic heterocycles. The number of hydrogen-bond acceptors (Lipinski definition) is 4. The minimum absolute atomic E-state index is 0.0996. The summed E-state index contributed by atoms with van der Waals surface area (Å²) < 4.78 is 1.67. The van der Waals surface area contributed by atoms with Gasteiger partial charge in [0, 0.05) is 12.4 Å². The number of nitrogens with one attached hydrogen (secondary N) is 1. The van der Waals surface area contributed by atoms with Gasteiger partial charge in [0.15, 0.2) is 4.77 Å². The van der Waals surface area contributed by atoms with Gasteiger partial charge < -0.3 is 10.1 Å². The van der Waals surface area contributed by atoms with Crippen LogP contribution in [0.5, 0.6) is 0 Å². The van der Waals surface area contributed by atoms with E-state index < -0.39 is 5.97 Å². The SMILES string of the molecule is O=C(O)c1ccc2c(=O)n(Cc3cccnc3)c(=S)[nH]c2c1. The normalized spacial score (nSPS) is 10.7. The maximum absolute atomic E-state index is 12.5. The molecule has 0 radical (unpaired) electrons. The molecule has 0 aliphatic heterocycles. The number of carboxylic acids is 1. The first-order chi connectivity index (χ1) is 10.6. The Morgan fingerprint density at radius 3 is 2.86 bits per heavy atom. The minimum Gasteiger partial charge on any atom is -0.478 e. The molecule has 3 aromatic rings. The number of carbonyl (C=O) groups is 1. The molecule has 0 atom stereocenters. The number of aromatic nitrogens is 3. The number of H-pyrrole nitrogens is 1. The fraction of sp³-hybridized carbons (Fsp3) is 0.0667. The fourth-order valence-corrected chi connectivity index (χ4v) is 2.46. The topological polar surface area (TPSA) is 88.0 Å². The van der Waals surface area contributed by atoms with E-state index in [2.05, 4.69) is 9.97 Å². The Kier molecular flexibility index (Phi) is 3.56. The van der Waals surface area contributed by atoms with Crippen LogP contribution in [0.15, 0.2) is 47.5 Å². The first-order valence-electron chi connectivity index (χ1n) is 6.45. The van der Waals surface area contributed by atoms with E-state index in [-0.39, 0.29) is 15.9 Å². The number of nitrogens with zero attached hydrogens (tertiary/aromatic N) is 2. The Balaban J connectivity index is 2.17. The number of pyridine rings is 1. The van der Waals surface area contributed by atoms with Crippen LogP contribution in [-0.2, 0) is 6.54 Å². The first-order valence-corrected chi connectivity index (χ1v) is 6.86. The molecule has 0 unspecified atom stereocenters. The number of fused-ring (bicyclic) bond motifs is 1. The van der Waals surface area contributed by atoms with Crippen LogP contribution in [0.2, 0.25) is 0 Å². The van der Waals surface area contributed by atoms with E-state index in [0.29, 0.717) is 17.4 Å². The first kappa shape index (κ1) is 14.2. The molecule has 0 bridgehead atoms. The molecule has 7 heteroatoms. The van der Waals surface area contributed by atoms with Crippen molar-refractivity contribution in [2.45, 2.75) is 6.54 Å². The molecule has 22 heavy (non-hydrogen) atoms. The molecule has 0 fully saturated rings. The van der Waals surface area contributed by atoms with Crippen LogP contribution < -0.4 is 5.56 Å². The molecule has 0 saturated carbocycles. The predicted molar refractivity (Wildman–Crippen MR) is 83.7 cm³/mol. The van der Waals surface area contributed by atoms with Crippen LogP contribution in [0.4, 0.5) is 0 Å². The van der Waals surface area contributed by atoms with Gasteiger partial charge in [0.2, 0.25) is 0 Å². The lowest BCUT2D eigenvalue weighted by atomic mass is 10.1. The monoisotopic (exact) mass is 313 g/mol. The highest BCUT2D eigenvalue weighted by atomic mass is 32.1. The zero-order valence-electron chi connectivity index (χ0n) is 11.3. The van der Waals surface area contributed by atoms with Crippen LogP contribution >= 0.6 is 12.2 Å². The molecule has 2 N–H and O–H groups in total. The Morgan fingerprint density at radius 2 is 2.18 bits per heavy atom. The lowest BCUT2D eigenvalue weighted by Gasteiger charge is -2.08. The summed E-state index contributed by atoms with van der Waals surface area (Å²) in [5, 5.41) is 9.39. The third-order valence-corrected chi connectivity index (χ3v) is 3.61. The number of benzene rings is 1. The summed E-state index contributed by atoms with van der Waals surface area (Å²) in [6, 6.07) is 7.94. The molecule has 6 nitrogen and oxygen atoms in total. The van der Waals surface area contributed by atoms with Crippen molar-refractivity contribution in [1.29, 1.82) is 0 Å². The maximum Gasteiger partial charge on any atom is 0.335 e. The van der Waals surface area contributed by atoms with Crippen LogP contribution in [0, 0.1) is 4.77 Å². The van der Waals surface area contributed by atoms with Gasteiger partial charge in [-0.15, -0.1) is 0 Å². The third-order valence-electron chi connectivity index (χ3n) is 3.29. The Hall–Kier alpha value is -2.80. The van der Waals surface area contributed by atoms with Crippen molar-refractivity contribution in [3.05, 3.63) is 69.0 Å². The van der Waals surface area contributed by atoms with Crippen molar-refractivity contribution in [3.63, 3.8) is 0 Å². The Labute approximate surface area is 129 Å². The lowest BCUT2D eigenvalue weighted by molar-refractivity contribution is 0.0697. The van der Waals surface area contributed by atoms with Gasteiger partial charge in [-0.3, -0.25) is 14.3 Å². The fourth-order valence-electron chi connectivity index (χ4n) is 2.21. The van der Waals surface area contributed by atoms with Gasteiger partial charge >= 0.3 is 5.97 Å².